The van der Waals surface area contributed by atoms with E-state index < -0.39 is 0 Å². The second-order valence-electron chi connectivity index (χ2n) is 4.11. The molecular weight excluding hydrogens is 305 g/mol. The normalized spacial score (nSPS) is 11.9. The zero-order valence-electron chi connectivity index (χ0n) is 11.4. The summed E-state index contributed by atoms with van der Waals surface area (Å²) in [4.78, 5) is 11.9. The Morgan fingerprint density at radius 3 is 2.19 bits per heavy atom. The molecule has 2 rings (SSSR count). The first-order valence-corrected chi connectivity index (χ1v) is 7.03. The molecule has 5 heteroatoms. The summed E-state index contributed by atoms with van der Waals surface area (Å²) >= 11 is 11.6. The Morgan fingerprint density at radius 2 is 1.67 bits per heavy atom. The summed E-state index contributed by atoms with van der Waals surface area (Å²) in [5.41, 5.74) is 3.02. The molecule has 0 saturated heterocycles. The first-order valence-electron chi connectivity index (χ1n) is 6.27. The molecule has 21 heavy (non-hydrogen) atoms. The minimum atomic E-state index is 0.0807. The van der Waals surface area contributed by atoms with Crippen LogP contribution in [-0.2, 0) is 0 Å². The number of nitrogens with zero attached hydrogens (tertiary/aromatic N) is 3. The summed E-state index contributed by atoms with van der Waals surface area (Å²) in [5.74, 6) is 0.454. The molecule has 0 saturated carbocycles. The highest BCUT2D eigenvalue weighted by Crippen LogP contribution is 2.22. The van der Waals surface area contributed by atoms with Crippen LogP contribution >= 0.6 is 23.2 Å². The van der Waals surface area contributed by atoms with Crippen molar-refractivity contribution < 1.29 is 0 Å². The highest BCUT2D eigenvalue weighted by molar-refractivity contribution is 6.31. The molecule has 0 bridgehead atoms. The van der Waals surface area contributed by atoms with E-state index in [9.17, 15) is 0 Å². The van der Waals surface area contributed by atoms with Crippen LogP contribution in [0.3, 0.4) is 0 Å². The SMILES string of the molecule is C=C/C=C\C(=C/C)c1ccc(-c2nc(Cl)nc(Cl)n2)cc1. The minimum absolute atomic E-state index is 0.0807. The quantitative estimate of drug-likeness (QED) is 0.745. The summed E-state index contributed by atoms with van der Waals surface area (Å²) in [5, 5.41) is 0.161. The van der Waals surface area contributed by atoms with Crippen LogP contribution in [0, 0.1) is 0 Å². The van der Waals surface area contributed by atoms with Crippen LogP contribution in [-0.4, -0.2) is 15.0 Å². The molecule has 106 valence electrons. The maximum absolute atomic E-state index is 5.79. The van der Waals surface area contributed by atoms with Gasteiger partial charge in [0.25, 0.3) is 0 Å². The lowest BCUT2D eigenvalue weighted by molar-refractivity contribution is 1.06. The zero-order chi connectivity index (χ0) is 15.2. The predicted molar refractivity (Wildman–Crippen MR) is 88.3 cm³/mol. The van der Waals surface area contributed by atoms with E-state index in [1.54, 1.807) is 6.08 Å². The van der Waals surface area contributed by atoms with Crippen LogP contribution in [0.15, 0.2) is 55.1 Å². The molecule has 1 heterocycles. The molecule has 0 aliphatic heterocycles. The summed E-state index contributed by atoms with van der Waals surface area (Å²) in [6.45, 7) is 5.66. The second-order valence-corrected chi connectivity index (χ2v) is 4.79. The van der Waals surface area contributed by atoms with Crippen LogP contribution in [0.2, 0.25) is 10.6 Å². The van der Waals surface area contributed by atoms with Gasteiger partial charge in [-0.1, -0.05) is 55.1 Å². The van der Waals surface area contributed by atoms with Crippen molar-refractivity contribution in [3.05, 3.63) is 71.3 Å². The van der Waals surface area contributed by atoms with Gasteiger partial charge in [-0.15, -0.1) is 0 Å². The molecule has 0 radical (unpaired) electrons. The van der Waals surface area contributed by atoms with Gasteiger partial charge in [-0.05, 0) is 41.3 Å². The van der Waals surface area contributed by atoms with Crippen LogP contribution < -0.4 is 0 Å². The summed E-state index contributed by atoms with van der Waals surface area (Å²) < 4.78 is 0. The molecule has 3 nitrogen and oxygen atoms in total. The molecule has 0 amide bonds. The van der Waals surface area contributed by atoms with E-state index in [-0.39, 0.29) is 10.6 Å². The number of hydrogen-bond acceptors (Lipinski definition) is 3. The van der Waals surface area contributed by atoms with Gasteiger partial charge < -0.3 is 0 Å². The van der Waals surface area contributed by atoms with E-state index in [0.717, 1.165) is 16.7 Å². The van der Waals surface area contributed by atoms with Crippen molar-refractivity contribution >= 4 is 28.8 Å². The maximum atomic E-state index is 5.79. The lowest BCUT2D eigenvalue weighted by Gasteiger charge is -2.05. The van der Waals surface area contributed by atoms with E-state index >= 15 is 0 Å². The molecule has 0 aliphatic rings. The van der Waals surface area contributed by atoms with Gasteiger partial charge in [-0.2, -0.15) is 15.0 Å². The van der Waals surface area contributed by atoms with Crippen LogP contribution in [0.1, 0.15) is 12.5 Å². The van der Waals surface area contributed by atoms with E-state index in [0.29, 0.717) is 5.82 Å². The fourth-order valence-corrected chi connectivity index (χ4v) is 2.16. The Labute approximate surface area is 133 Å². The van der Waals surface area contributed by atoms with Crippen molar-refractivity contribution in [3.8, 4) is 11.4 Å². The van der Waals surface area contributed by atoms with Gasteiger partial charge in [0.2, 0.25) is 10.6 Å². The highest BCUT2D eigenvalue weighted by Gasteiger charge is 2.06. The van der Waals surface area contributed by atoms with E-state index in [4.69, 9.17) is 23.2 Å². The average molecular weight is 318 g/mol. The Bertz CT molecular complexity index is 684. The zero-order valence-corrected chi connectivity index (χ0v) is 12.9. The highest BCUT2D eigenvalue weighted by atomic mass is 35.5. The molecular formula is C16H13Cl2N3. The monoisotopic (exact) mass is 317 g/mol. The molecule has 0 N–H and O–H groups in total. The Hall–Kier alpha value is -1.97. The van der Waals surface area contributed by atoms with E-state index in [1.165, 1.54) is 0 Å². The molecule has 1 aromatic heterocycles. The Morgan fingerprint density at radius 1 is 1.05 bits per heavy atom. The van der Waals surface area contributed by atoms with Crippen molar-refractivity contribution in [3.63, 3.8) is 0 Å². The van der Waals surface area contributed by atoms with Crippen LogP contribution in [0.25, 0.3) is 17.0 Å². The van der Waals surface area contributed by atoms with Crippen LogP contribution in [0.5, 0.6) is 0 Å². The fourth-order valence-electron chi connectivity index (χ4n) is 1.80. The summed E-state index contributed by atoms with van der Waals surface area (Å²) in [6.07, 6.45) is 7.67. The van der Waals surface area contributed by atoms with Crippen molar-refractivity contribution in [2.45, 2.75) is 6.92 Å². The van der Waals surface area contributed by atoms with Gasteiger partial charge in [0.15, 0.2) is 5.82 Å². The third-order valence-electron chi connectivity index (χ3n) is 2.78. The molecule has 0 atom stereocenters. The van der Waals surface area contributed by atoms with Crippen molar-refractivity contribution in [1.29, 1.82) is 0 Å². The van der Waals surface area contributed by atoms with Gasteiger partial charge in [0.1, 0.15) is 0 Å². The Kier molecular flexibility index (Phi) is 5.26. The van der Waals surface area contributed by atoms with Gasteiger partial charge >= 0.3 is 0 Å². The minimum Gasteiger partial charge on any atom is -0.198 e. The number of rotatable bonds is 4. The molecule has 0 aliphatic carbocycles. The van der Waals surface area contributed by atoms with E-state index in [2.05, 4.69) is 21.5 Å². The molecule has 0 spiro atoms. The van der Waals surface area contributed by atoms with Crippen LogP contribution in [0.4, 0.5) is 0 Å². The lowest BCUT2D eigenvalue weighted by atomic mass is 10.0. The third-order valence-corrected chi connectivity index (χ3v) is 3.12. The number of hydrogen-bond donors (Lipinski definition) is 0. The smallest absolute Gasteiger partial charge is 0.198 e. The van der Waals surface area contributed by atoms with Crippen molar-refractivity contribution in [1.82, 2.24) is 15.0 Å². The number of benzene rings is 1. The lowest BCUT2D eigenvalue weighted by Crippen LogP contribution is -1.93. The maximum Gasteiger partial charge on any atom is 0.227 e. The van der Waals surface area contributed by atoms with E-state index in [1.807, 2.05) is 49.4 Å². The fraction of sp³-hybridized carbons (Fsp3) is 0.0625. The van der Waals surface area contributed by atoms with Gasteiger partial charge in [0.05, 0.1) is 0 Å². The first-order chi connectivity index (χ1) is 10.1. The topological polar surface area (TPSA) is 38.7 Å². The molecule has 0 fully saturated rings. The average Bonchev–Trinajstić information content (AvgIpc) is 2.47. The Balaban J connectivity index is 2.34. The number of halogens is 2. The molecule has 1 aromatic carbocycles. The largest absolute Gasteiger partial charge is 0.227 e. The number of aromatic nitrogens is 3. The van der Waals surface area contributed by atoms with Gasteiger partial charge in [-0.25, -0.2) is 0 Å². The van der Waals surface area contributed by atoms with Gasteiger partial charge in [-0.3, -0.25) is 0 Å². The number of allylic oxidation sites excluding steroid dienone is 5. The predicted octanol–water partition coefficient (Wildman–Crippen LogP) is 4.99. The summed E-state index contributed by atoms with van der Waals surface area (Å²) in [7, 11) is 0. The van der Waals surface area contributed by atoms with Crippen molar-refractivity contribution in [2.75, 3.05) is 0 Å². The molecule has 2 aromatic rings. The summed E-state index contributed by atoms with van der Waals surface area (Å²) in [6, 6.07) is 7.82. The first kappa shape index (κ1) is 15.4. The third kappa shape index (κ3) is 4.00. The van der Waals surface area contributed by atoms with Crippen molar-refractivity contribution in [2.24, 2.45) is 0 Å². The second kappa shape index (κ2) is 7.16. The standard InChI is InChI=1S/C16H13Cl2N3/c1-3-5-6-11(4-2)12-7-9-13(10-8-12)14-19-15(17)21-16(18)20-14/h3-10H,1H2,2H3/b6-5-,11-4+. The molecule has 0 unspecified atom stereocenters. The van der Waals surface area contributed by atoms with Gasteiger partial charge in [0, 0.05) is 5.56 Å².